The lowest BCUT2D eigenvalue weighted by Crippen LogP contribution is -2.20. The summed E-state index contributed by atoms with van der Waals surface area (Å²) in [6.45, 7) is 5.87. The Morgan fingerprint density at radius 2 is 2.11 bits per heavy atom. The number of aromatic nitrogens is 2. The molecule has 0 aromatic carbocycles. The van der Waals surface area contributed by atoms with Gasteiger partial charge >= 0.3 is 5.97 Å². The van der Waals surface area contributed by atoms with Crippen molar-refractivity contribution in [2.75, 3.05) is 16.4 Å². The number of carbonyl (C=O) groups is 1. The smallest absolute Gasteiger partial charge is 0.303 e. The summed E-state index contributed by atoms with van der Waals surface area (Å²) in [6, 6.07) is 0.195. The predicted octanol–water partition coefficient (Wildman–Crippen LogP) is 1.54. The molecule has 0 spiro atoms. The van der Waals surface area contributed by atoms with Crippen LogP contribution in [0.1, 0.15) is 33.6 Å². The first-order valence-electron chi connectivity index (χ1n) is 6.26. The third kappa shape index (κ3) is 5.41. The molecule has 5 N–H and O–H groups in total. The van der Waals surface area contributed by atoms with Crippen LogP contribution in [0.15, 0.2) is 6.20 Å². The summed E-state index contributed by atoms with van der Waals surface area (Å²) >= 11 is 0. The molecule has 0 aliphatic heterocycles. The molecule has 0 aliphatic rings. The van der Waals surface area contributed by atoms with Gasteiger partial charge in [-0.3, -0.25) is 4.79 Å². The highest BCUT2D eigenvalue weighted by molar-refractivity contribution is 5.67. The molecule has 0 saturated carbocycles. The molecule has 19 heavy (non-hydrogen) atoms. The molecule has 106 valence electrons. The van der Waals surface area contributed by atoms with E-state index in [4.69, 9.17) is 10.8 Å². The maximum absolute atomic E-state index is 10.5. The van der Waals surface area contributed by atoms with Crippen molar-refractivity contribution >= 4 is 23.4 Å². The molecule has 1 aromatic rings. The number of aliphatic carboxylic acids is 1. The van der Waals surface area contributed by atoms with Crippen LogP contribution in [0.5, 0.6) is 0 Å². The van der Waals surface area contributed by atoms with Crippen LogP contribution in [0.2, 0.25) is 0 Å². The number of rotatable bonds is 7. The number of hydrogen-bond donors (Lipinski definition) is 4. The number of hydrogen-bond acceptors (Lipinski definition) is 6. The monoisotopic (exact) mass is 267 g/mol. The quantitative estimate of drug-likeness (QED) is 0.592. The Labute approximate surface area is 112 Å². The van der Waals surface area contributed by atoms with Crippen molar-refractivity contribution in [3.63, 3.8) is 0 Å². The predicted molar refractivity (Wildman–Crippen MR) is 75.2 cm³/mol. The molecule has 0 amide bonds. The summed E-state index contributed by atoms with van der Waals surface area (Å²) in [5.74, 6) is 0.208. The van der Waals surface area contributed by atoms with Gasteiger partial charge in [0.25, 0.3) is 0 Å². The first kappa shape index (κ1) is 15.0. The Bertz CT molecular complexity index is 436. The third-order valence-corrected chi connectivity index (χ3v) is 2.41. The summed E-state index contributed by atoms with van der Waals surface area (Å²) in [7, 11) is 0. The second kappa shape index (κ2) is 6.77. The van der Waals surface area contributed by atoms with E-state index in [-0.39, 0.29) is 18.5 Å². The number of nitrogens with one attached hydrogen (secondary N) is 2. The van der Waals surface area contributed by atoms with E-state index < -0.39 is 5.97 Å². The van der Waals surface area contributed by atoms with Crippen molar-refractivity contribution in [2.24, 2.45) is 0 Å². The zero-order chi connectivity index (χ0) is 14.4. The van der Waals surface area contributed by atoms with Gasteiger partial charge in [0.1, 0.15) is 0 Å². The van der Waals surface area contributed by atoms with Crippen LogP contribution < -0.4 is 16.4 Å². The molecule has 0 radical (unpaired) electrons. The van der Waals surface area contributed by atoms with Gasteiger partial charge in [0.2, 0.25) is 5.95 Å². The Kier molecular flexibility index (Phi) is 5.35. The fourth-order valence-corrected chi connectivity index (χ4v) is 1.48. The maximum Gasteiger partial charge on any atom is 0.303 e. The molecule has 0 bridgehead atoms. The van der Waals surface area contributed by atoms with Gasteiger partial charge in [-0.05, 0) is 27.2 Å². The highest BCUT2D eigenvalue weighted by atomic mass is 16.4. The molecule has 0 saturated heterocycles. The van der Waals surface area contributed by atoms with Gasteiger partial charge < -0.3 is 21.5 Å². The average molecular weight is 267 g/mol. The van der Waals surface area contributed by atoms with E-state index in [0.717, 1.165) is 0 Å². The second-order valence-electron chi connectivity index (χ2n) is 4.77. The first-order chi connectivity index (χ1) is 8.88. The Morgan fingerprint density at radius 3 is 2.68 bits per heavy atom. The topological polar surface area (TPSA) is 113 Å². The molecule has 1 atom stereocenters. The van der Waals surface area contributed by atoms with Crippen molar-refractivity contribution in [1.82, 2.24) is 9.97 Å². The van der Waals surface area contributed by atoms with Gasteiger partial charge in [-0.15, -0.1) is 0 Å². The van der Waals surface area contributed by atoms with Crippen LogP contribution in [-0.2, 0) is 4.79 Å². The van der Waals surface area contributed by atoms with Gasteiger partial charge in [0, 0.05) is 18.5 Å². The number of carboxylic acid groups (broad SMARTS) is 1. The summed E-state index contributed by atoms with van der Waals surface area (Å²) < 4.78 is 0. The minimum atomic E-state index is -0.813. The molecule has 0 fully saturated rings. The lowest BCUT2D eigenvalue weighted by molar-refractivity contribution is -0.137. The molecule has 1 heterocycles. The fraction of sp³-hybridized carbons (Fsp3) is 0.583. The third-order valence-electron chi connectivity index (χ3n) is 2.41. The fourth-order valence-electron chi connectivity index (χ4n) is 1.48. The zero-order valence-corrected chi connectivity index (χ0v) is 11.5. The Balaban J connectivity index is 2.68. The lowest BCUT2D eigenvalue weighted by Gasteiger charge is -2.16. The van der Waals surface area contributed by atoms with Crippen LogP contribution in [0.3, 0.4) is 0 Å². The minimum Gasteiger partial charge on any atom is -0.481 e. The van der Waals surface area contributed by atoms with Crippen molar-refractivity contribution in [2.45, 2.75) is 45.7 Å². The first-order valence-corrected chi connectivity index (χ1v) is 6.26. The van der Waals surface area contributed by atoms with Crippen LogP contribution >= 0.6 is 0 Å². The van der Waals surface area contributed by atoms with Crippen molar-refractivity contribution in [3.8, 4) is 0 Å². The Morgan fingerprint density at radius 1 is 1.42 bits per heavy atom. The molecule has 7 heteroatoms. The van der Waals surface area contributed by atoms with E-state index in [2.05, 4.69) is 20.6 Å². The normalized spacial score (nSPS) is 12.2. The molecule has 1 aromatic heterocycles. The summed E-state index contributed by atoms with van der Waals surface area (Å²) in [4.78, 5) is 18.9. The number of carboxylic acids is 1. The standard InChI is InChI=1S/C12H21N5O2/c1-7(2)15-12-14-6-9(13)11(17-12)16-8(3)4-5-10(18)19/h6-8H,4-5,13H2,1-3H3,(H,18,19)(H2,14,15,16,17)/t8-/m1/s1. The SMILES string of the molecule is CC(C)Nc1ncc(N)c(N[C@H](C)CCC(=O)O)n1. The highest BCUT2D eigenvalue weighted by Gasteiger charge is 2.10. The largest absolute Gasteiger partial charge is 0.481 e. The van der Waals surface area contributed by atoms with E-state index in [1.54, 1.807) is 0 Å². The average Bonchev–Trinajstić information content (AvgIpc) is 2.30. The van der Waals surface area contributed by atoms with Crippen LogP contribution in [0.25, 0.3) is 0 Å². The zero-order valence-electron chi connectivity index (χ0n) is 11.5. The van der Waals surface area contributed by atoms with Crippen molar-refractivity contribution in [1.29, 1.82) is 0 Å². The van der Waals surface area contributed by atoms with Gasteiger partial charge in [-0.2, -0.15) is 4.98 Å². The lowest BCUT2D eigenvalue weighted by atomic mass is 10.2. The Hall–Kier alpha value is -2.05. The molecule has 1 rings (SSSR count). The van der Waals surface area contributed by atoms with Gasteiger partial charge in [0.05, 0.1) is 11.9 Å². The highest BCUT2D eigenvalue weighted by Crippen LogP contribution is 2.18. The number of anilines is 3. The van der Waals surface area contributed by atoms with Gasteiger partial charge in [-0.25, -0.2) is 4.98 Å². The van der Waals surface area contributed by atoms with Crippen LogP contribution in [0, 0.1) is 0 Å². The van der Waals surface area contributed by atoms with Crippen molar-refractivity contribution in [3.05, 3.63) is 6.20 Å². The van der Waals surface area contributed by atoms with E-state index in [1.165, 1.54) is 6.20 Å². The van der Waals surface area contributed by atoms with Gasteiger partial charge in [-0.1, -0.05) is 0 Å². The second-order valence-corrected chi connectivity index (χ2v) is 4.77. The minimum absolute atomic E-state index is 0.0276. The van der Waals surface area contributed by atoms with E-state index in [1.807, 2.05) is 20.8 Å². The maximum atomic E-state index is 10.5. The molecular weight excluding hydrogens is 246 g/mol. The number of nitrogens with two attached hydrogens (primary N) is 1. The molecule has 7 nitrogen and oxygen atoms in total. The molecular formula is C12H21N5O2. The van der Waals surface area contributed by atoms with Crippen LogP contribution in [-0.4, -0.2) is 33.1 Å². The van der Waals surface area contributed by atoms with E-state index in [0.29, 0.717) is 23.9 Å². The van der Waals surface area contributed by atoms with E-state index in [9.17, 15) is 4.79 Å². The molecule has 0 aliphatic carbocycles. The van der Waals surface area contributed by atoms with Gasteiger partial charge in [0.15, 0.2) is 5.82 Å². The van der Waals surface area contributed by atoms with E-state index >= 15 is 0 Å². The van der Waals surface area contributed by atoms with Crippen molar-refractivity contribution < 1.29 is 9.90 Å². The molecule has 0 unspecified atom stereocenters. The summed E-state index contributed by atoms with van der Waals surface area (Å²) in [5.41, 5.74) is 6.23. The summed E-state index contributed by atoms with van der Waals surface area (Å²) in [5, 5.41) is 14.8. The van der Waals surface area contributed by atoms with Crippen LogP contribution in [0.4, 0.5) is 17.5 Å². The summed E-state index contributed by atoms with van der Waals surface area (Å²) in [6.07, 6.45) is 2.14. The number of nitrogen functional groups attached to an aromatic ring is 1. The number of nitrogens with zero attached hydrogens (tertiary/aromatic N) is 2.